The summed E-state index contributed by atoms with van der Waals surface area (Å²) in [6, 6.07) is 21.9. The molecule has 6 nitrogen and oxygen atoms in total. The number of aromatic amines is 1. The number of nitrogens with zero attached hydrogens (tertiary/aromatic N) is 1. The molecule has 0 atom stereocenters. The van der Waals surface area contributed by atoms with Gasteiger partial charge in [0.2, 0.25) is 5.91 Å². The lowest BCUT2D eigenvalue weighted by Gasteiger charge is -2.11. The number of thiocarbonyl (C=S) groups is 1. The van der Waals surface area contributed by atoms with E-state index in [1.54, 1.807) is 42.5 Å². The zero-order valence-electron chi connectivity index (χ0n) is 18.9. The number of para-hydroxylation sites is 2. The molecule has 5 aromatic rings. The molecule has 2 aromatic heterocycles. The normalized spacial score (nSPS) is 11.2. The quantitative estimate of drug-likeness (QED) is 0.148. The van der Waals surface area contributed by atoms with Gasteiger partial charge in [0, 0.05) is 17.2 Å². The number of aromatic nitrogens is 2. The Hall–Kier alpha value is -3.62. The summed E-state index contributed by atoms with van der Waals surface area (Å²) in [5, 5.41) is 6.90. The summed E-state index contributed by atoms with van der Waals surface area (Å²) < 4.78 is 5.76. The smallest absolute Gasteiger partial charge is 0.250 e. The zero-order valence-corrected chi connectivity index (χ0v) is 22.0. The molecule has 0 aliphatic rings. The Morgan fingerprint density at radius 2 is 1.81 bits per heavy atom. The van der Waals surface area contributed by atoms with Crippen molar-refractivity contribution in [2.45, 2.75) is 0 Å². The van der Waals surface area contributed by atoms with Gasteiger partial charge in [0.05, 0.1) is 31.8 Å². The lowest BCUT2D eigenvalue weighted by atomic mass is 10.2. The molecular formula is C27H17Cl3N4O2S. The lowest BCUT2D eigenvalue weighted by Crippen LogP contribution is -2.32. The molecule has 0 saturated carbocycles. The van der Waals surface area contributed by atoms with E-state index in [0.717, 1.165) is 16.6 Å². The molecule has 0 aliphatic carbocycles. The molecular weight excluding hydrogens is 551 g/mol. The number of halogens is 3. The molecule has 0 fully saturated rings. The van der Waals surface area contributed by atoms with Crippen molar-refractivity contribution in [1.82, 2.24) is 15.3 Å². The Kier molecular flexibility index (Phi) is 7.30. The van der Waals surface area contributed by atoms with E-state index >= 15 is 0 Å². The van der Waals surface area contributed by atoms with E-state index < -0.39 is 5.91 Å². The van der Waals surface area contributed by atoms with Crippen LogP contribution >= 0.6 is 47.0 Å². The number of furan rings is 1. The highest BCUT2D eigenvalue weighted by molar-refractivity contribution is 7.80. The first-order chi connectivity index (χ1) is 17.9. The molecule has 0 spiro atoms. The minimum absolute atomic E-state index is 0.0872. The van der Waals surface area contributed by atoms with E-state index in [1.807, 2.05) is 30.3 Å². The number of rotatable bonds is 5. The van der Waals surface area contributed by atoms with Crippen LogP contribution in [0.15, 0.2) is 83.3 Å². The van der Waals surface area contributed by atoms with Crippen LogP contribution in [0.5, 0.6) is 0 Å². The van der Waals surface area contributed by atoms with Crippen LogP contribution < -0.4 is 10.6 Å². The van der Waals surface area contributed by atoms with Crippen molar-refractivity contribution in [1.29, 1.82) is 0 Å². The van der Waals surface area contributed by atoms with Crippen LogP contribution in [0, 0.1) is 0 Å². The molecule has 2 heterocycles. The van der Waals surface area contributed by atoms with Gasteiger partial charge in [-0.3, -0.25) is 10.1 Å². The van der Waals surface area contributed by atoms with Gasteiger partial charge in [0.1, 0.15) is 17.3 Å². The number of nitrogens with one attached hydrogen (secondary N) is 3. The molecule has 3 N–H and O–H groups in total. The molecule has 1 amide bonds. The third-order valence-corrected chi connectivity index (χ3v) is 6.71. The van der Waals surface area contributed by atoms with Crippen LogP contribution in [-0.2, 0) is 4.79 Å². The highest BCUT2D eigenvalue weighted by atomic mass is 35.5. The largest absolute Gasteiger partial charge is 0.457 e. The molecule has 3 aromatic carbocycles. The van der Waals surface area contributed by atoms with E-state index in [-0.39, 0.29) is 5.11 Å². The average Bonchev–Trinajstić information content (AvgIpc) is 3.53. The SMILES string of the molecule is O=C(C=Cc1ccc(-c2cccc(Cl)c2Cl)o1)NC(=S)Nc1cc(-c2nc3ccccc3[nH]2)ccc1Cl. The van der Waals surface area contributed by atoms with E-state index in [0.29, 0.717) is 43.7 Å². The molecule has 0 saturated heterocycles. The predicted molar refractivity (Wildman–Crippen MR) is 154 cm³/mol. The molecule has 0 radical (unpaired) electrons. The second-order valence-corrected chi connectivity index (χ2v) is 9.48. The van der Waals surface area contributed by atoms with Crippen molar-refractivity contribution in [2.24, 2.45) is 0 Å². The van der Waals surface area contributed by atoms with E-state index in [4.69, 9.17) is 51.4 Å². The van der Waals surface area contributed by atoms with E-state index in [2.05, 4.69) is 20.6 Å². The Balaban J connectivity index is 1.24. The topological polar surface area (TPSA) is 82.9 Å². The van der Waals surface area contributed by atoms with Crippen LogP contribution in [-0.4, -0.2) is 21.0 Å². The van der Waals surface area contributed by atoms with Crippen molar-refractivity contribution in [3.8, 4) is 22.7 Å². The Morgan fingerprint density at radius 3 is 2.65 bits per heavy atom. The number of amides is 1. The second kappa shape index (κ2) is 10.8. The molecule has 0 unspecified atom stereocenters. The van der Waals surface area contributed by atoms with Crippen molar-refractivity contribution in [2.75, 3.05) is 5.32 Å². The van der Waals surface area contributed by atoms with Crippen molar-refractivity contribution in [3.63, 3.8) is 0 Å². The summed E-state index contributed by atoms with van der Waals surface area (Å²) in [6.45, 7) is 0. The van der Waals surface area contributed by atoms with Crippen molar-refractivity contribution >= 4 is 80.8 Å². The van der Waals surface area contributed by atoms with Gasteiger partial charge in [0.25, 0.3) is 0 Å². The highest BCUT2D eigenvalue weighted by Gasteiger charge is 2.12. The number of hydrogen-bond acceptors (Lipinski definition) is 4. The van der Waals surface area contributed by atoms with Gasteiger partial charge in [-0.2, -0.15) is 0 Å². The molecule has 0 aliphatic heterocycles. The number of hydrogen-bond donors (Lipinski definition) is 3. The van der Waals surface area contributed by atoms with Gasteiger partial charge in [-0.1, -0.05) is 53.0 Å². The summed E-state index contributed by atoms with van der Waals surface area (Å²) in [4.78, 5) is 20.3. The van der Waals surface area contributed by atoms with Crippen molar-refractivity contribution < 1.29 is 9.21 Å². The maximum atomic E-state index is 12.4. The number of imidazole rings is 1. The Morgan fingerprint density at radius 1 is 0.973 bits per heavy atom. The minimum atomic E-state index is -0.444. The average molecular weight is 568 g/mol. The second-order valence-electron chi connectivity index (χ2n) is 7.88. The number of anilines is 1. The summed E-state index contributed by atoms with van der Waals surface area (Å²) in [7, 11) is 0. The fourth-order valence-electron chi connectivity index (χ4n) is 3.60. The first-order valence-corrected chi connectivity index (χ1v) is 12.5. The fourth-order valence-corrected chi connectivity index (χ4v) is 4.37. The molecule has 37 heavy (non-hydrogen) atoms. The molecule has 0 bridgehead atoms. The minimum Gasteiger partial charge on any atom is -0.457 e. The number of H-pyrrole nitrogens is 1. The van der Waals surface area contributed by atoms with E-state index in [9.17, 15) is 4.79 Å². The third-order valence-electron chi connectivity index (χ3n) is 5.36. The highest BCUT2D eigenvalue weighted by Crippen LogP contribution is 2.34. The lowest BCUT2D eigenvalue weighted by molar-refractivity contribution is -0.115. The van der Waals surface area contributed by atoms with Gasteiger partial charge in [-0.25, -0.2) is 4.98 Å². The maximum Gasteiger partial charge on any atom is 0.250 e. The maximum absolute atomic E-state index is 12.4. The summed E-state index contributed by atoms with van der Waals surface area (Å²) >= 11 is 24.0. The monoisotopic (exact) mass is 566 g/mol. The summed E-state index contributed by atoms with van der Waals surface area (Å²) in [6.07, 6.45) is 2.83. The number of benzene rings is 3. The number of fused-ring (bicyclic) bond motifs is 1. The van der Waals surface area contributed by atoms with Gasteiger partial charge in [0.15, 0.2) is 5.11 Å². The van der Waals surface area contributed by atoms with E-state index in [1.165, 1.54) is 12.2 Å². The van der Waals surface area contributed by atoms with Gasteiger partial charge in [-0.15, -0.1) is 0 Å². The fraction of sp³-hybridized carbons (Fsp3) is 0. The number of carbonyl (C=O) groups is 1. The zero-order chi connectivity index (χ0) is 25.9. The summed E-state index contributed by atoms with van der Waals surface area (Å²) in [5.41, 5.74) is 3.78. The molecule has 5 rings (SSSR count). The first-order valence-electron chi connectivity index (χ1n) is 11.0. The first kappa shape index (κ1) is 25.0. The van der Waals surface area contributed by atoms with Crippen LogP contribution in [0.25, 0.3) is 39.8 Å². The predicted octanol–water partition coefficient (Wildman–Crippen LogP) is 7.98. The standard InChI is InChI=1S/C27H17Cl3N4O2S/c28-18-11-8-15(26-31-20-6-1-2-7-21(20)32-26)14-22(18)33-27(37)34-24(35)13-10-16-9-12-23(36-16)17-4-3-5-19(29)25(17)30/h1-14H,(H,31,32)(H2,33,34,35,37). The Labute approximate surface area is 232 Å². The van der Waals surface area contributed by atoms with Crippen LogP contribution in [0.4, 0.5) is 5.69 Å². The van der Waals surface area contributed by atoms with Crippen LogP contribution in [0.1, 0.15) is 5.76 Å². The Bertz CT molecular complexity index is 1640. The number of carbonyl (C=O) groups excluding carboxylic acids is 1. The summed E-state index contributed by atoms with van der Waals surface area (Å²) in [5.74, 6) is 1.24. The van der Waals surface area contributed by atoms with Gasteiger partial charge < -0.3 is 14.7 Å². The molecule has 184 valence electrons. The third kappa shape index (κ3) is 5.70. The van der Waals surface area contributed by atoms with Crippen LogP contribution in [0.2, 0.25) is 15.1 Å². The van der Waals surface area contributed by atoms with Crippen LogP contribution in [0.3, 0.4) is 0 Å². The van der Waals surface area contributed by atoms with Gasteiger partial charge in [-0.05, 0) is 72.9 Å². The van der Waals surface area contributed by atoms with Crippen molar-refractivity contribution in [3.05, 3.63) is 99.7 Å². The van der Waals surface area contributed by atoms with Gasteiger partial charge >= 0.3 is 0 Å². The molecule has 10 heteroatoms.